The third-order valence-electron chi connectivity index (χ3n) is 4.11. The highest BCUT2D eigenvalue weighted by Gasteiger charge is 2.27. The molecule has 1 aliphatic heterocycles. The highest BCUT2D eigenvalue weighted by Crippen LogP contribution is 2.23. The molecule has 0 radical (unpaired) electrons. The Balaban J connectivity index is 1.54. The Morgan fingerprint density at radius 3 is 2.27 bits per heavy atom. The smallest absolute Gasteiger partial charge is 0.371 e. The van der Waals surface area contributed by atoms with Crippen LogP contribution in [0.1, 0.15) is 34.0 Å². The lowest BCUT2D eigenvalue weighted by Crippen LogP contribution is -2.41. The molecule has 1 aliphatic rings. The van der Waals surface area contributed by atoms with Crippen molar-refractivity contribution in [2.45, 2.75) is 18.9 Å². The number of carbonyl (C=O) groups excluding carboxylic acids is 1. The van der Waals surface area contributed by atoms with Gasteiger partial charge >= 0.3 is 5.97 Å². The second-order valence-electron chi connectivity index (χ2n) is 5.83. The molecule has 136 valence electrons. The standard InChI is InChI=1S/C17H16N2O7/c20-16(14-5-6-15(26-14)17(21)22)18-9-7-13(8-10-18)25-12-3-1-11(2-4-12)19(23)24/h1-6,13H,7-10H2,(H,21,22). The average molecular weight is 360 g/mol. The van der Waals surface area contributed by atoms with Gasteiger partial charge in [0.15, 0.2) is 5.76 Å². The number of hydrogen-bond donors (Lipinski definition) is 1. The predicted molar refractivity (Wildman–Crippen MR) is 88.3 cm³/mol. The van der Waals surface area contributed by atoms with E-state index >= 15 is 0 Å². The number of likely N-dealkylation sites (tertiary alicyclic amines) is 1. The Hall–Kier alpha value is -3.36. The lowest BCUT2D eigenvalue weighted by atomic mass is 10.1. The first-order valence-corrected chi connectivity index (χ1v) is 7.97. The van der Waals surface area contributed by atoms with Gasteiger partial charge in [-0.25, -0.2) is 4.79 Å². The topological polar surface area (TPSA) is 123 Å². The molecule has 1 saturated heterocycles. The molecule has 1 amide bonds. The van der Waals surface area contributed by atoms with E-state index in [4.69, 9.17) is 14.3 Å². The molecule has 0 atom stereocenters. The predicted octanol–water partition coefficient (Wildman–Crippen LogP) is 2.57. The molecule has 9 heteroatoms. The van der Waals surface area contributed by atoms with Crippen LogP contribution in [0.4, 0.5) is 5.69 Å². The number of furan rings is 1. The zero-order chi connectivity index (χ0) is 18.7. The maximum Gasteiger partial charge on any atom is 0.371 e. The van der Waals surface area contributed by atoms with E-state index in [9.17, 15) is 19.7 Å². The molecular formula is C17H16N2O7. The zero-order valence-electron chi connectivity index (χ0n) is 13.7. The molecule has 1 aromatic heterocycles. The summed E-state index contributed by atoms with van der Waals surface area (Å²) in [4.78, 5) is 34.9. The molecule has 0 saturated carbocycles. The zero-order valence-corrected chi connectivity index (χ0v) is 13.7. The van der Waals surface area contributed by atoms with E-state index < -0.39 is 10.9 Å². The van der Waals surface area contributed by atoms with Crippen LogP contribution in [0.2, 0.25) is 0 Å². The van der Waals surface area contributed by atoms with Crippen molar-refractivity contribution < 1.29 is 28.8 Å². The Morgan fingerprint density at radius 1 is 1.12 bits per heavy atom. The van der Waals surface area contributed by atoms with Gasteiger partial charge in [-0.15, -0.1) is 0 Å². The first-order valence-electron chi connectivity index (χ1n) is 7.97. The van der Waals surface area contributed by atoms with Crippen LogP contribution in [0.5, 0.6) is 5.75 Å². The maximum atomic E-state index is 12.3. The van der Waals surface area contributed by atoms with E-state index in [1.807, 2.05) is 0 Å². The number of nitro groups is 1. The molecule has 2 heterocycles. The number of nitro benzene ring substituents is 1. The maximum absolute atomic E-state index is 12.3. The summed E-state index contributed by atoms with van der Waals surface area (Å²) in [7, 11) is 0. The molecule has 2 aromatic rings. The molecule has 3 rings (SSSR count). The quantitative estimate of drug-likeness (QED) is 0.642. The molecule has 1 aromatic carbocycles. The minimum absolute atomic E-state index is 0.00265. The number of aromatic carboxylic acids is 1. The number of benzene rings is 1. The summed E-state index contributed by atoms with van der Waals surface area (Å²) in [5.41, 5.74) is -0.00283. The highest BCUT2D eigenvalue weighted by molar-refractivity contribution is 5.93. The molecule has 1 fully saturated rings. The number of non-ortho nitro benzene ring substituents is 1. The van der Waals surface area contributed by atoms with E-state index in [1.54, 1.807) is 17.0 Å². The first-order chi connectivity index (χ1) is 12.4. The number of carboxylic acid groups (broad SMARTS) is 1. The van der Waals surface area contributed by atoms with Crippen LogP contribution in [-0.4, -0.2) is 46.0 Å². The van der Waals surface area contributed by atoms with Gasteiger partial charge in [0.1, 0.15) is 11.9 Å². The van der Waals surface area contributed by atoms with Gasteiger partial charge in [0.25, 0.3) is 11.6 Å². The fourth-order valence-corrected chi connectivity index (χ4v) is 2.74. The molecule has 26 heavy (non-hydrogen) atoms. The van der Waals surface area contributed by atoms with Gasteiger partial charge in [-0.1, -0.05) is 0 Å². The van der Waals surface area contributed by atoms with E-state index in [1.165, 1.54) is 24.3 Å². The van der Waals surface area contributed by atoms with Crippen LogP contribution in [0.15, 0.2) is 40.8 Å². The third kappa shape index (κ3) is 3.82. The number of hydrogen-bond acceptors (Lipinski definition) is 6. The summed E-state index contributed by atoms with van der Waals surface area (Å²) in [6.45, 7) is 0.888. The Labute approximate surface area is 147 Å². The summed E-state index contributed by atoms with van der Waals surface area (Å²) < 4.78 is 10.8. The van der Waals surface area contributed by atoms with E-state index in [0.29, 0.717) is 31.7 Å². The number of carbonyl (C=O) groups is 2. The van der Waals surface area contributed by atoms with Crippen LogP contribution < -0.4 is 4.74 Å². The number of piperidine rings is 1. The minimum Gasteiger partial charge on any atom is -0.490 e. The van der Waals surface area contributed by atoms with Gasteiger partial charge in [0.05, 0.1) is 4.92 Å². The van der Waals surface area contributed by atoms with Crippen LogP contribution in [0.25, 0.3) is 0 Å². The van der Waals surface area contributed by atoms with Gasteiger partial charge in [0.2, 0.25) is 5.76 Å². The summed E-state index contributed by atoms with van der Waals surface area (Å²) in [6.07, 6.45) is 1.08. The highest BCUT2D eigenvalue weighted by atomic mass is 16.6. The van der Waals surface area contributed by atoms with E-state index in [0.717, 1.165) is 0 Å². The second-order valence-corrected chi connectivity index (χ2v) is 5.83. The first kappa shape index (κ1) is 17.5. The summed E-state index contributed by atoms with van der Waals surface area (Å²) in [5, 5.41) is 19.5. The van der Waals surface area contributed by atoms with Crippen molar-refractivity contribution in [1.29, 1.82) is 0 Å². The van der Waals surface area contributed by atoms with Crippen LogP contribution in [-0.2, 0) is 0 Å². The summed E-state index contributed by atoms with van der Waals surface area (Å²) in [5.74, 6) is -1.31. The van der Waals surface area contributed by atoms with Crippen LogP contribution >= 0.6 is 0 Å². The van der Waals surface area contributed by atoms with Crippen molar-refractivity contribution in [2.75, 3.05) is 13.1 Å². The van der Waals surface area contributed by atoms with Gasteiger partial charge < -0.3 is 19.2 Å². The van der Waals surface area contributed by atoms with Gasteiger partial charge in [-0.2, -0.15) is 0 Å². The van der Waals surface area contributed by atoms with E-state index in [2.05, 4.69) is 0 Å². The van der Waals surface area contributed by atoms with Crippen molar-refractivity contribution in [3.63, 3.8) is 0 Å². The van der Waals surface area contributed by atoms with Crippen molar-refractivity contribution in [3.8, 4) is 5.75 Å². The Kier molecular flexibility index (Phi) is 4.87. The normalized spacial score (nSPS) is 14.8. The number of ether oxygens (including phenoxy) is 1. The van der Waals surface area contributed by atoms with Gasteiger partial charge in [-0.05, 0) is 24.3 Å². The Morgan fingerprint density at radius 2 is 1.73 bits per heavy atom. The third-order valence-corrected chi connectivity index (χ3v) is 4.11. The minimum atomic E-state index is -1.22. The molecule has 0 unspecified atom stereocenters. The SMILES string of the molecule is O=C(O)c1ccc(C(=O)N2CCC(Oc3ccc([N+](=O)[O-])cc3)CC2)o1. The van der Waals surface area contributed by atoms with E-state index in [-0.39, 0.29) is 29.2 Å². The average Bonchev–Trinajstić information content (AvgIpc) is 3.13. The molecule has 0 spiro atoms. The monoisotopic (exact) mass is 360 g/mol. The number of amides is 1. The fraction of sp³-hybridized carbons (Fsp3) is 0.294. The molecular weight excluding hydrogens is 344 g/mol. The molecule has 9 nitrogen and oxygen atoms in total. The van der Waals surface area contributed by atoms with Gasteiger partial charge in [0, 0.05) is 38.1 Å². The second kappa shape index (κ2) is 7.26. The Bertz CT molecular complexity index is 820. The molecule has 0 bridgehead atoms. The lowest BCUT2D eigenvalue weighted by molar-refractivity contribution is -0.384. The largest absolute Gasteiger partial charge is 0.490 e. The lowest BCUT2D eigenvalue weighted by Gasteiger charge is -2.31. The van der Waals surface area contributed by atoms with Crippen molar-refractivity contribution in [3.05, 3.63) is 58.0 Å². The summed E-state index contributed by atoms with van der Waals surface area (Å²) >= 11 is 0. The van der Waals surface area contributed by atoms with Crippen LogP contribution in [0, 0.1) is 10.1 Å². The van der Waals surface area contributed by atoms with Crippen molar-refractivity contribution in [1.82, 2.24) is 4.90 Å². The van der Waals surface area contributed by atoms with Crippen LogP contribution in [0.3, 0.4) is 0 Å². The van der Waals surface area contributed by atoms with Gasteiger partial charge in [-0.3, -0.25) is 14.9 Å². The number of rotatable bonds is 5. The van der Waals surface area contributed by atoms with Crippen molar-refractivity contribution in [2.24, 2.45) is 0 Å². The summed E-state index contributed by atoms with van der Waals surface area (Å²) in [6, 6.07) is 8.46. The molecule has 0 aliphatic carbocycles. The van der Waals surface area contributed by atoms with Crippen molar-refractivity contribution >= 4 is 17.6 Å². The number of nitrogens with zero attached hydrogens (tertiary/aromatic N) is 2. The number of carboxylic acids is 1. The fourth-order valence-electron chi connectivity index (χ4n) is 2.74. The molecule has 1 N–H and O–H groups in total.